The van der Waals surface area contributed by atoms with E-state index in [1.54, 1.807) is 25.4 Å². The second-order valence-corrected chi connectivity index (χ2v) is 5.06. The maximum atomic E-state index is 12.4. The molecule has 1 unspecified atom stereocenters. The van der Waals surface area contributed by atoms with Crippen molar-refractivity contribution < 1.29 is 14.1 Å². The average Bonchev–Trinajstić information content (AvgIpc) is 3.15. The normalized spacial score (nSPS) is 17.9. The Morgan fingerprint density at radius 3 is 3.14 bits per heavy atom. The van der Waals surface area contributed by atoms with E-state index < -0.39 is 0 Å². The Balaban J connectivity index is 1.78. The van der Waals surface area contributed by atoms with E-state index in [0.717, 1.165) is 25.0 Å². The number of carbonyl (C=O) groups excluding carboxylic acids is 1. The Kier molecular flexibility index (Phi) is 3.96. The molecular formula is C15H17N3O3. The van der Waals surface area contributed by atoms with Crippen LogP contribution >= 0.6 is 0 Å². The zero-order valence-electron chi connectivity index (χ0n) is 11.8. The van der Waals surface area contributed by atoms with Crippen LogP contribution in [0.2, 0.25) is 0 Å². The lowest BCUT2D eigenvalue weighted by Gasteiger charge is -2.10. The first kappa shape index (κ1) is 13.8. The summed E-state index contributed by atoms with van der Waals surface area (Å²) in [6.07, 6.45) is 5.46. The summed E-state index contributed by atoms with van der Waals surface area (Å²) in [5.74, 6) is 0.258. The van der Waals surface area contributed by atoms with Gasteiger partial charge in [0.1, 0.15) is 5.56 Å². The Labute approximate surface area is 122 Å². The van der Waals surface area contributed by atoms with E-state index in [1.807, 2.05) is 6.07 Å². The molecular weight excluding hydrogens is 270 g/mol. The van der Waals surface area contributed by atoms with Gasteiger partial charge in [-0.15, -0.1) is 0 Å². The monoisotopic (exact) mass is 287 g/mol. The van der Waals surface area contributed by atoms with Crippen molar-refractivity contribution >= 4 is 5.91 Å². The number of pyridine rings is 1. The van der Waals surface area contributed by atoms with Crippen molar-refractivity contribution in [1.29, 1.82) is 0 Å². The number of aryl methyl sites for hydroxylation is 1. The molecule has 6 heteroatoms. The molecule has 0 radical (unpaired) electrons. The third-order valence-corrected chi connectivity index (χ3v) is 3.53. The molecule has 0 bridgehead atoms. The van der Waals surface area contributed by atoms with E-state index in [-0.39, 0.29) is 12.0 Å². The van der Waals surface area contributed by atoms with Crippen LogP contribution in [0.4, 0.5) is 0 Å². The van der Waals surface area contributed by atoms with Crippen molar-refractivity contribution in [3.63, 3.8) is 0 Å². The second-order valence-electron chi connectivity index (χ2n) is 5.06. The number of nitrogens with one attached hydrogen (secondary N) is 1. The Hall–Kier alpha value is -2.21. The Bertz CT molecular complexity index is 618. The predicted octanol–water partition coefficient (Wildman–Crippen LogP) is 1.95. The molecule has 2 aromatic rings. The molecule has 1 N–H and O–H groups in total. The molecule has 0 spiro atoms. The molecule has 6 nitrogen and oxygen atoms in total. The van der Waals surface area contributed by atoms with Gasteiger partial charge in [-0.25, -0.2) is 0 Å². The zero-order valence-corrected chi connectivity index (χ0v) is 11.8. The van der Waals surface area contributed by atoms with E-state index in [1.165, 1.54) is 0 Å². The molecule has 1 amide bonds. The predicted molar refractivity (Wildman–Crippen MR) is 75.8 cm³/mol. The van der Waals surface area contributed by atoms with Crippen LogP contribution in [0.5, 0.6) is 0 Å². The molecule has 0 saturated carbocycles. The number of carbonyl (C=O) groups is 1. The molecule has 3 rings (SSSR count). The highest BCUT2D eigenvalue weighted by molar-refractivity contribution is 6.00. The first-order valence-corrected chi connectivity index (χ1v) is 7.02. The number of rotatable bonds is 4. The van der Waals surface area contributed by atoms with Crippen LogP contribution in [0, 0.1) is 6.92 Å². The van der Waals surface area contributed by atoms with Crippen molar-refractivity contribution in [2.75, 3.05) is 13.2 Å². The summed E-state index contributed by atoms with van der Waals surface area (Å²) in [5.41, 5.74) is 1.76. The molecule has 3 heterocycles. The minimum absolute atomic E-state index is 0.107. The standard InChI is InChI=1S/C15H17N3O3/c1-10-13(15(19)17-9-12-5-3-7-20-12)14(21-18-10)11-4-2-6-16-8-11/h2,4,6,8,12H,3,5,7,9H2,1H3,(H,17,19). The Morgan fingerprint density at radius 2 is 2.43 bits per heavy atom. The van der Waals surface area contributed by atoms with E-state index in [9.17, 15) is 4.79 Å². The number of hydrogen-bond donors (Lipinski definition) is 1. The minimum Gasteiger partial charge on any atom is -0.376 e. The van der Waals surface area contributed by atoms with E-state index in [4.69, 9.17) is 9.26 Å². The molecule has 1 atom stereocenters. The molecule has 0 aromatic carbocycles. The molecule has 0 aliphatic carbocycles. The fraction of sp³-hybridized carbons (Fsp3) is 0.400. The Morgan fingerprint density at radius 1 is 1.52 bits per heavy atom. The van der Waals surface area contributed by atoms with Gasteiger partial charge in [-0.2, -0.15) is 0 Å². The van der Waals surface area contributed by atoms with Crippen LogP contribution < -0.4 is 5.32 Å². The lowest BCUT2D eigenvalue weighted by Crippen LogP contribution is -2.32. The van der Waals surface area contributed by atoms with Crippen LogP contribution in [0.25, 0.3) is 11.3 Å². The topological polar surface area (TPSA) is 77.2 Å². The summed E-state index contributed by atoms with van der Waals surface area (Å²) in [4.78, 5) is 16.4. The van der Waals surface area contributed by atoms with E-state index >= 15 is 0 Å². The van der Waals surface area contributed by atoms with E-state index in [2.05, 4.69) is 15.5 Å². The lowest BCUT2D eigenvalue weighted by atomic mass is 10.1. The molecule has 110 valence electrons. The highest BCUT2D eigenvalue weighted by Crippen LogP contribution is 2.25. The highest BCUT2D eigenvalue weighted by atomic mass is 16.5. The smallest absolute Gasteiger partial charge is 0.257 e. The van der Waals surface area contributed by atoms with Gasteiger partial charge in [0.2, 0.25) is 0 Å². The second kappa shape index (κ2) is 6.05. The summed E-state index contributed by atoms with van der Waals surface area (Å²) in [5, 5.41) is 6.79. The van der Waals surface area contributed by atoms with Crippen molar-refractivity contribution in [3.8, 4) is 11.3 Å². The fourth-order valence-corrected chi connectivity index (χ4v) is 2.43. The average molecular weight is 287 g/mol. The summed E-state index contributed by atoms with van der Waals surface area (Å²) in [7, 11) is 0. The first-order valence-electron chi connectivity index (χ1n) is 7.02. The largest absolute Gasteiger partial charge is 0.376 e. The fourth-order valence-electron chi connectivity index (χ4n) is 2.43. The van der Waals surface area contributed by atoms with Gasteiger partial charge < -0.3 is 14.6 Å². The number of aromatic nitrogens is 2. The van der Waals surface area contributed by atoms with Gasteiger partial charge >= 0.3 is 0 Å². The van der Waals surface area contributed by atoms with Crippen LogP contribution in [-0.2, 0) is 4.74 Å². The highest BCUT2D eigenvalue weighted by Gasteiger charge is 2.23. The maximum absolute atomic E-state index is 12.4. The van der Waals surface area contributed by atoms with Gasteiger partial charge in [-0.1, -0.05) is 5.16 Å². The van der Waals surface area contributed by atoms with Gasteiger partial charge in [0.15, 0.2) is 5.76 Å². The molecule has 1 saturated heterocycles. The van der Waals surface area contributed by atoms with Crippen molar-refractivity contribution in [2.45, 2.75) is 25.9 Å². The first-order chi connectivity index (χ1) is 10.3. The number of hydrogen-bond acceptors (Lipinski definition) is 5. The van der Waals surface area contributed by atoms with Crippen molar-refractivity contribution in [3.05, 3.63) is 35.8 Å². The minimum atomic E-state index is -0.192. The number of amides is 1. The van der Waals surface area contributed by atoms with Crippen molar-refractivity contribution in [2.24, 2.45) is 0 Å². The quantitative estimate of drug-likeness (QED) is 0.930. The van der Waals surface area contributed by atoms with Gasteiger partial charge in [0.25, 0.3) is 5.91 Å². The SMILES string of the molecule is Cc1noc(-c2cccnc2)c1C(=O)NCC1CCCO1. The van der Waals surface area contributed by atoms with Gasteiger partial charge in [0.05, 0.1) is 11.8 Å². The van der Waals surface area contributed by atoms with Crippen molar-refractivity contribution in [1.82, 2.24) is 15.5 Å². The third-order valence-electron chi connectivity index (χ3n) is 3.53. The van der Waals surface area contributed by atoms with Crippen LogP contribution in [-0.4, -0.2) is 35.3 Å². The molecule has 2 aromatic heterocycles. The summed E-state index contributed by atoms with van der Waals surface area (Å²) in [6.45, 7) is 3.04. The van der Waals surface area contributed by atoms with Gasteiger partial charge in [0, 0.05) is 31.1 Å². The number of ether oxygens (including phenoxy) is 1. The van der Waals surface area contributed by atoms with Gasteiger partial charge in [-0.3, -0.25) is 9.78 Å². The third kappa shape index (κ3) is 2.95. The lowest BCUT2D eigenvalue weighted by molar-refractivity contribution is 0.0857. The molecule has 1 aliphatic rings. The van der Waals surface area contributed by atoms with Crippen LogP contribution in [0.15, 0.2) is 29.0 Å². The van der Waals surface area contributed by atoms with Crippen LogP contribution in [0.1, 0.15) is 28.9 Å². The summed E-state index contributed by atoms with van der Waals surface area (Å²) >= 11 is 0. The molecule has 1 aliphatic heterocycles. The summed E-state index contributed by atoms with van der Waals surface area (Å²) < 4.78 is 10.8. The molecule has 1 fully saturated rings. The van der Waals surface area contributed by atoms with Gasteiger partial charge in [-0.05, 0) is 31.9 Å². The summed E-state index contributed by atoms with van der Waals surface area (Å²) in [6, 6.07) is 3.63. The maximum Gasteiger partial charge on any atom is 0.257 e. The molecule has 21 heavy (non-hydrogen) atoms. The number of nitrogens with zero attached hydrogens (tertiary/aromatic N) is 2. The van der Waals surface area contributed by atoms with E-state index in [0.29, 0.717) is 23.6 Å². The zero-order chi connectivity index (χ0) is 14.7. The van der Waals surface area contributed by atoms with Crippen LogP contribution in [0.3, 0.4) is 0 Å².